The Balaban J connectivity index is 0.000000205. The minimum Gasteiger partial charge on any atom is -0.500 e. The maximum absolute atomic E-state index is 14.7. The van der Waals surface area contributed by atoms with E-state index < -0.39 is 0 Å². The van der Waals surface area contributed by atoms with Crippen molar-refractivity contribution in [1.82, 2.24) is 24.7 Å². The molecule has 8 aromatic rings. The van der Waals surface area contributed by atoms with Gasteiger partial charge in [-0.3, -0.25) is 9.37 Å². The summed E-state index contributed by atoms with van der Waals surface area (Å²) >= 11 is 0. The van der Waals surface area contributed by atoms with E-state index in [2.05, 4.69) is 27.3 Å². The van der Waals surface area contributed by atoms with Gasteiger partial charge in [0, 0.05) is 43.2 Å². The number of nitrogens with zero attached hydrogens (tertiary/aromatic N) is 5. The standard InChI is InChI=1S/C23H12FN4O.C11H8N.Ir/c24-17-11-10-16(21-20(17)15-8-4-5-9-19(15)29-21)22-26-18-12-13-25-27-23(18)28(22)14-6-2-1-3-7-14;1-2-6-10(7-3-1)11-8-4-5-9-12-11;/h1-9,11-13H;1-6,8-9H;/q2*-1;. The molecule has 0 N–H and O–H groups in total. The van der Waals surface area contributed by atoms with Gasteiger partial charge in [-0.05, 0) is 41.4 Å². The van der Waals surface area contributed by atoms with E-state index in [0.29, 0.717) is 39.1 Å². The summed E-state index contributed by atoms with van der Waals surface area (Å²) in [5.41, 5.74) is 5.76. The van der Waals surface area contributed by atoms with Crippen molar-refractivity contribution < 1.29 is 28.9 Å². The summed E-state index contributed by atoms with van der Waals surface area (Å²) in [4.78, 5) is 8.97. The van der Waals surface area contributed by atoms with Gasteiger partial charge >= 0.3 is 0 Å². The molecule has 4 aromatic heterocycles. The molecular formula is C34H20FIrN5O-2. The van der Waals surface area contributed by atoms with Crippen molar-refractivity contribution >= 4 is 33.1 Å². The Bertz CT molecular complexity index is 2080. The third-order valence-corrected chi connectivity index (χ3v) is 6.62. The molecule has 0 saturated heterocycles. The van der Waals surface area contributed by atoms with Crippen LogP contribution in [-0.4, -0.2) is 24.7 Å². The summed E-state index contributed by atoms with van der Waals surface area (Å²) in [7, 11) is 0. The molecule has 42 heavy (non-hydrogen) atoms. The van der Waals surface area contributed by atoms with Crippen molar-refractivity contribution in [3.63, 3.8) is 0 Å². The average Bonchev–Trinajstić information content (AvgIpc) is 3.63. The topological polar surface area (TPSA) is 69.6 Å². The van der Waals surface area contributed by atoms with E-state index in [-0.39, 0.29) is 25.9 Å². The summed E-state index contributed by atoms with van der Waals surface area (Å²) < 4.78 is 22.7. The molecule has 0 amide bonds. The van der Waals surface area contributed by atoms with E-state index in [1.807, 2.05) is 102 Å². The van der Waals surface area contributed by atoms with E-state index >= 15 is 0 Å². The molecule has 0 aliphatic carbocycles. The Kier molecular flexibility index (Phi) is 7.64. The maximum Gasteiger partial charge on any atom is 0.178 e. The smallest absolute Gasteiger partial charge is 0.178 e. The zero-order valence-corrected chi connectivity index (χ0v) is 24.3. The monoisotopic (exact) mass is 726 g/mol. The number of fused-ring (bicyclic) bond motifs is 4. The van der Waals surface area contributed by atoms with Crippen molar-refractivity contribution in [3.05, 3.63) is 140 Å². The van der Waals surface area contributed by atoms with Crippen LogP contribution >= 0.6 is 0 Å². The number of imidazole rings is 1. The fraction of sp³-hybridized carbons (Fsp3) is 0. The zero-order chi connectivity index (χ0) is 27.6. The van der Waals surface area contributed by atoms with E-state index in [1.54, 1.807) is 18.5 Å². The Hall–Kier alpha value is -5.04. The molecule has 0 atom stereocenters. The van der Waals surface area contributed by atoms with Crippen LogP contribution in [0.5, 0.6) is 0 Å². The number of rotatable bonds is 3. The Morgan fingerprint density at radius 3 is 2.40 bits per heavy atom. The van der Waals surface area contributed by atoms with Crippen LogP contribution in [0, 0.1) is 17.9 Å². The number of benzene rings is 4. The summed E-state index contributed by atoms with van der Waals surface area (Å²) in [6.07, 6.45) is 3.38. The molecule has 4 aromatic carbocycles. The number of furan rings is 1. The van der Waals surface area contributed by atoms with Gasteiger partial charge in [0.1, 0.15) is 11.1 Å². The van der Waals surface area contributed by atoms with Gasteiger partial charge in [0.2, 0.25) is 0 Å². The number of hydrogen-bond acceptors (Lipinski definition) is 5. The third kappa shape index (κ3) is 4.98. The molecule has 0 unspecified atom stereocenters. The van der Waals surface area contributed by atoms with Crippen LogP contribution in [0.25, 0.3) is 61.4 Å². The number of halogens is 1. The molecular weight excluding hydrogens is 706 g/mol. The van der Waals surface area contributed by atoms with Gasteiger partial charge in [0.15, 0.2) is 5.65 Å². The fourth-order valence-corrected chi connectivity index (χ4v) is 4.79. The van der Waals surface area contributed by atoms with Gasteiger partial charge in [0.25, 0.3) is 0 Å². The molecule has 1 radical (unpaired) electrons. The number of hydrogen-bond donors (Lipinski definition) is 0. The largest absolute Gasteiger partial charge is 0.500 e. The first-order chi connectivity index (χ1) is 20.3. The van der Waals surface area contributed by atoms with Gasteiger partial charge in [-0.25, -0.2) is 0 Å². The van der Waals surface area contributed by atoms with E-state index in [9.17, 15) is 4.39 Å². The Morgan fingerprint density at radius 1 is 0.786 bits per heavy atom. The van der Waals surface area contributed by atoms with Gasteiger partial charge < -0.3 is 14.0 Å². The van der Waals surface area contributed by atoms with Crippen LogP contribution in [0.15, 0.2) is 126 Å². The number of aromatic nitrogens is 5. The van der Waals surface area contributed by atoms with Crippen molar-refractivity contribution in [1.29, 1.82) is 0 Å². The predicted molar refractivity (Wildman–Crippen MR) is 157 cm³/mol. The number of pyridine rings is 1. The predicted octanol–water partition coefficient (Wildman–Crippen LogP) is 7.87. The first-order valence-corrected chi connectivity index (χ1v) is 12.9. The summed E-state index contributed by atoms with van der Waals surface area (Å²) in [6.45, 7) is 0. The second-order valence-electron chi connectivity index (χ2n) is 9.15. The van der Waals surface area contributed by atoms with Crippen LogP contribution in [0.1, 0.15) is 0 Å². The second-order valence-corrected chi connectivity index (χ2v) is 9.15. The van der Waals surface area contributed by atoms with Crippen LogP contribution < -0.4 is 0 Å². The summed E-state index contributed by atoms with van der Waals surface area (Å²) in [6, 6.07) is 40.1. The number of para-hydroxylation sites is 2. The molecule has 8 rings (SSSR count). The minimum absolute atomic E-state index is 0. The molecule has 205 valence electrons. The normalized spacial score (nSPS) is 10.8. The molecule has 6 nitrogen and oxygen atoms in total. The molecule has 4 heterocycles. The SMILES string of the molecule is Fc1c[c-]c(-c2nc3ccnnc3n2-c2ccccc2)c2oc3ccccc3c12.[Ir].[c-]1ccccc1-c1ccccn1. The maximum atomic E-state index is 14.7. The minimum atomic E-state index is -0.379. The zero-order valence-electron chi connectivity index (χ0n) is 21.9. The van der Waals surface area contributed by atoms with Gasteiger partial charge in [-0.15, -0.1) is 53.1 Å². The molecule has 0 fully saturated rings. The fourth-order valence-electron chi connectivity index (χ4n) is 4.79. The molecule has 0 saturated carbocycles. The van der Waals surface area contributed by atoms with E-state index in [0.717, 1.165) is 22.3 Å². The van der Waals surface area contributed by atoms with Crippen LogP contribution in [0.2, 0.25) is 0 Å². The molecule has 0 aliphatic heterocycles. The van der Waals surface area contributed by atoms with Crippen molar-refractivity contribution in [2.75, 3.05) is 0 Å². The summed E-state index contributed by atoms with van der Waals surface area (Å²) in [5, 5.41) is 9.43. The Morgan fingerprint density at radius 2 is 1.60 bits per heavy atom. The van der Waals surface area contributed by atoms with Crippen molar-refractivity contribution in [2.45, 2.75) is 0 Å². The van der Waals surface area contributed by atoms with E-state index in [1.165, 1.54) is 6.07 Å². The van der Waals surface area contributed by atoms with E-state index in [4.69, 9.17) is 9.40 Å². The van der Waals surface area contributed by atoms with Gasteiger partial charge in [-0.1, -0.05) is 54.1 Å². The van der Waals surface area contributed by atoms with Crippen molar-refractivity contribution in [2.24, 2.45) is 0 Å². The third-order valence-electron chi connectivity index (χ3n) is 6.62. The van der Waals surface area contributed by atoms with Crippen LogP contribution in [-0.2, 0) is 20.1 Å². The first-order valence-electron chi connectivity index (χ1n) is 12.9. The van der Waals surface area contributed by atoms with Crippen LogP contribution in [0.4, 0.5) is 4.39 Å². The Labute approximate surface area is 253 Å². The van der Waals surface area contributed by atoms with Crippen molar-refractivity contribution in [3.8, 4) is 28.3 Å². The molecule has 0 spiro atoms. The quantitative estimate of drug-likeness (QED) is 0.174. The first kappa shape index (κ1) is 27.1. The average molecular weight is 726 g/mol. The molecule has 0 bridgehead atoms. The summed E-state index contributed by atoms with van der Waals surface area (Å²) in [5.74, 6) is 0.187. The van der Waals surface area contributed by atoms with Gasteiger partial charge in [-0.2, -0.15) is 5.10 Å². The molecule has 0 aliphatic rings. The molecule has 8 heteroatoms. The van der Waals surface area contributed by atoms with Gasteiger partial charge in [0.05, 0.1) is 17.6 Å². The van der Waals surface area contributed by atoms with Crippen LogP contribution in [0.3, 0.4) is 0 Å². The second kappa shape index (κ2) is 11.8.